The van der Waals surface area contributed by atoms with Crippen LogP contribution in [0.3, 0.4) is 0 Å². The minimum absolute atomic E-state index is 0.465. The van der Waals surface area contributed by atoms with Crippen molar-refractivity contribution in [2.24, 2.45) is 11.8 Å². The first-order chi connectivity index (χ1) is 8.49. The van der Waals surface area contributed by atoms with Crippen molar-refractivity contribution >= 4 is 0 Å². The van der Waals surface area contributed by atoms with E-state index in [-0.39, 0.29) is 0 Å². The minimum atomic E-state index is 0.465. The molecule has 1 aromatic rings. The molecule has 0 aromatic heterocycles. The third-order valence-corrected chi connectivity index (χ3v) is 4.34. The molecule has 2 rings (SSSR count). The van der Waals surface area contributed by atoms with Crippen LogP contribution in [-0.4, -0.2) is 6.54 Å². The second-order valence-electron chi connectivity index (χ2n) is 6.26. The van der Waals surface area contributed by atoms with E-state index in [9.17, 15) is 0 Å². The fraction of sp³-hybridized carbons (Fsp3) is 0.647. The SMILES string of the molecule is Cc1cc(C)c(C(C)NCC(C)C2CC2)c(C)c1. The lowest BCUT2D eigenvalue weighted by Crippen LogP contribution is -2.26. The topological polar surface area (TPSA) is 12.0 Å². The Morgan fingerprint density at radius 1 is 1.11 bits per heavy atom. The lowest BCUT2D eigenvalue weighted by molar-refractivity contribution is 0.430. The Morgan fingerprint density at radius 2 is 1.67 bits per heavy atom. The average Bonchev–Trinajstić information content (AvgIpc) is 3.07. The first-order valence-electron chi connectivity index (χ1n) is 7.30. The van der Waals surface area contributed by atoms with Crippen molar-refractivity contribution in [3.05, 3.63) is 34.4 Å². The highest BCUT2D eigenvalue weighted by Crippen LogP contribution is 2.36. The number of benzene rings is 1. The molecule has 100 valence electrons. The van der Waals surface area contributed by atoms with Crippen LogP contribution in [0.5, 0.6) is 0 Å². The molecule has 2 atom stereocenters. The zero-order valence-electron chi connectivity index (χ0n) is 12.5. The van der Waals surface area contributed by atoms with Crippen LogP contribution in [-0.2, 0) is 0 Å². The molecule has 1 saturated carbocycles. The van der Waals surface area contributed by atoms with Crippen LogP contribution < -0.4 is 5.32 Å². The maximum Gasteiger partial charge on any atom is 0.0297 e. The monoisotopic (exact) mass is 245 g/mol. The average molecular weight is 245 g/mol. The van der Waals surface area contributed by atoms with E-state index >= 15 is 0 Å². The first kappa shape index (κ1) is 13.6. The Balaban J connectivity index is 2.01. The minimum Gasteiger partial charge on any atom is -0.310 e. The number of hydrogen-bond acceptors (Lipinski definition) is 1. The van der Waals surface area contributed by atoms with Crippen LogP contribution >= 0.6 is 0 Å². The quantitative estimate of drug-likeness (QED) is 0.815. The van der Waals surface area contributed by atoms with Crippen LogP contribution in [0.25, 0.3) is 0 Å². The summed E-state index contributed by atoms with van der Waals surface area (Å²) in [7, 11) is 0. The number of rotatable bonds is 5. The van der Waals surface area contributed by atoms with Crippen LogP contribution in [0.2, 0.25) is 0 Å². The molecular weight excluding hydrogens is 218 g/mol. The molecule has 0 bridgehead atoms. The van der Waals surface area contributed by atoms with E-state index in [2.05, 4.69) is 52.1 Å². The molecule has 0 amide bonds. The van der Waals surface area contributed by atoms with E-state index < -0.39 is 0 Å². The maximum absolute atomic E-state index is 3.72. The molecule has 1 aromatic carbocycles. The molecule has 0 aliphatic heterocycles. The molecule has 1 N–H and O–H groups in total. The third-order valence-electron chi connectivity index (χ3n) is 4.34. The Kier molecular flexibility index (Phi) is 4.11. The summed E-state index contributed by atoms with van der Waals surface area (Å²) >= 11 is 0. The van der Waals surface area contributed by atoms with Crippen molar-refractivity contribution in [3.8, 4) is 0 Å². The summed E-state index contributed by atoms with van der Waals surface area (Å²) in [5.41, 5.74) is 5.70. The van der Waals surface area contributed by atoms with Gasteiger partial charge in [-0.05, 0) is 75.6 Å². The van der Waals surface area contributed by atoms with Gasteiger partial charge in [0.1, 0.15) is 0 Å². The van der Waals surface area contributed by atoms with Crippen molar-refractivity contribution in [1.82, 2.24) is 5.32 Å². The van der Waals surface area contributed by atoms with Crippen LogP contribution in [0, 0.1) is 32.6 Å². The van der Waals surface area contributed by atoms with E-state index in [0.717, 1.165) is 18.4 Å². The molecule has 18 heavy (non-hydrogen) atoms. The molecular formula is C17H27N. The van der Waals surface area contributed by atoms with Crippen molar-refractivity contribution in [1.29, 1.82) is 0 Å². The zero-order chi connectivity index (χ0) is 13.3. The Morgan fingerprint density at radius 3 is 2.17 bits per heavy atom. The second-order valence-corrected chi connectivity index (χ2v) is 6.26. The van der Waals surface area contributed by atoms with Gasteiger partial charge in [-0.1, -0.05) is 24.6 Å². The normalized spacial score (nSPS) is 18.7. The summed E-state index contributed by atoms with van der Waals surface area (Å²) in [6.07, 6.45) is 2.89. The summed E-state index contributed by atoms with van der Waals surface area (Å²) in [6.45, 7) is 12.5. The maximum atomic E-state index is 3.72. The molecule has 0 spiro atoms. The number of aryl methyl sites for hydroxylation is 3. The van der Waals surface area contributed by atoms with Crippen molar-refractivity contribution in [3.63, 3.8) is 0 Å². The molecule has 1 aliphatic carbocycles. The Hall–Kier alpha value is -0.820. The van der Waals surface area contributed by atoms with Gasteiger partial charge in [0.25, 0.3) is 0 Å². The van der Waals surface area contributed by atoms with Gasteiger partial charge in [0, 0.05) is 6.04 Å². The van der Waals surface area contributed by atoms with E-state index in [1.807, 2.05) is 0 Å². The smallest absolute Gasteiger partial charge is 0.0297 e. The van der Waals surface area contributed by atoms with Gasteiger partial charge in [0.15, 0.2) is 0 Å². The summed E-state index contributed by atoms with van der Waals surface area (Å²) < 4.78 is 0. The van der Waals surface area contributed by atoms with E-state index in [1.165, 1.54) is 35.1 Å². The predicted molar refractivity (Wildman–Crippen MR) is 79.0 cm³/mol. The fourth-order valence-electron chi connectivity index (χ4n) is 3.17. The van der Waals surface area contributed by atoms with Gasteiger partial charge in [0.2, 0.25) is 0 Å². The summed E-state index contributed by atoms with van der Waals surface area (Å²) in [5.74, 6) is 1.82. The highest BCUT2D eigenvalue weighted by Gasteiger charge is 2.27. The molecule has 0 saturated heterocycles. The molecule has 2 unspecified atom stereocenters. The van der Waals surface area contributed by atoms with Crippen molar-refractivity contribution < 1.29 is 0 Å². The predicted octanol–water partition coefficient (Wildman–Crippen LogP) is 4.31. The Labute approximate surface area is 112 Å². The van der Waals surface area contributed by atoms with E-state index in [4.69, 9.17) is 0 Å². The summed E-state index contributed by atoms with van der Waals surface area (Å²) in [6, 6.07) is 5.06. The largest absolute Gasteiger partial charge is 0.310 e. The molecule has 1 aliphatic rings. The summed E-state index contributed by atoms with van der Waals surface area (Å²) in [4.78, 5) is 0. The molecule has 0 radical (unpaired) electrons. The van der Waals surface area contributed by atoms with Gasteiger partial charge in [-0.15, -0.1) is 0 Å². The molecule has 0 heterocycles. The highest BCUT2D eigenvalue weighted by molar-refractivity contribution is 5.39. The molecule has 1 heteroatoms. The standard InChI is InChI=1S/C17H27N/c1-11-8-12(2)17(13(3)9-11)15(5)18-10-14(4)16-6-7-16/h8-9,14-16,18H,6-7,10H2,1-5H3. The van der Waals surface area contributed by atoms with Gasteiger partial charge in [-0.3, -0.25) is 0 Å². The molecule has 1 nitrogen and oxygen atoms in total. The molecule has 1 fully saturated rings. The van der Waals surface area contributed by atoms with Gasteiger partial charge < -0.3 is 5.32 Å². The van der Waals surface area contributed by atoms with E-state index in [1.54, 1.807) is 0 Å². The van der Waals surface area contributed by atoms with Gasteiger partial charge in [0.05, 0.1) is 0 Å². The number of nitrogens with one attached hydrogen (secondary N) is 1. The lowest BCUT2D eigenvalue weighted by Gasteiger charge is -2.22. The first-order valence-corrected chi connectivity index (χ1v) is 7.30. The lowest BCUT2D eigenvalue weighted by atomic mass is 9.94. The summed E-state index contributed by atoms with van der Waals surface area (Å²) in [5, 5.41) is 3.72. The zero-order valence-corrected chi connectivity index (χ0v) is 12.5. The highest BCUT2D eigenvalue weighted by atomic mass is 14.9. The van der Waals surface area contributed by atoms with Crippen molar-refractivity contribution in [2.75, 3.05) is 6.54 Å². The van der Waals surface area contributed by atoms with Gasteiger partial charge in [-0.2, -0.15) is 0 Å². The van der Waals surface area contributed by atoms with Gasteiger partial charge in [-0.25, -0.2) is 0 Å². The third kappa shape index (κ3) is 3.14. The van der Waals surface area contributed by atoms with Crippen LogP contribution in [0.15, 0.2) is 12.1 Å². The van der Waals surface area contributed by atoms with E-state index in [0.29, 0.717) is 6.04 Å². The number of hydrogen-bond donors (Lipinski definition) is 1. The second kappa shape index (κ2) is 5.44. The van der Waals surface area contributed by atoms with Crippen molar-refractivity contribution in [2.45, 2.75) is 53.5 Å². The Bertz CT molecular complexity index is 395. The fourth-order valence-corrected chi connectivity index (χ4v) is 3.17. The van der Waals surface area contributed by atoms with Crippen LogP contribution in [0.1, 0.15) is 55.0 Å². The van der Waals surface area contributed by atoms with Gasteiger partial charge >= 0.3 is 0 Å². The van der Waals surface area contributed by atoms with Crippen LogP contribution in [0.4, 0.5) is 0 Å².